The van der Waals surface area contributed by atoms with Gasteiger partial charge in [0.1, 0.15) is 17.9 Å². The summed E-state index contributed by atoms with van der Waals surface area (Å²) >= 11 is 0. The Labute approximate surface area is 109 Å². The van der Waals surface area contributed by atoms with Crippen LogP contribution in [0.5, 0.6) is 5.88 Å². The molecule has 0 aliphatic heterocycles. The molecule has 1 aromatic carbocycles. The molecule has 0 saturated heterocycles. The highest BCUT2D eigenvalue weighted by molar-refractivity contribution is 5.79. The summed E-state index contributed by atoms with van der Waals surface area (Å²) in [5, 5.41) is 0. The van der Waals surface area contributed by atoms with Gasteiger partial charge in [-0.2, -0.15) is 0 Å². The number of rotatable bonds is 3. The van der Waals surface area contributed by atoms with Gasteiger partial charge >= 0.3 is 0 Å². The summed E-state index contributed by atoms with van der Waals surface area (Å²) in [4.78, 5) is 8.40. The van der Waals surface area contributed by atoms with Gasteiger partial charge in [-0.25, -0.2) is 14.4 Å². The Morgan fingerprint density at radius 2 is 2.05 bits per heavy atom. The Kier molecular flexibility index (Phi) is 2.87. The predicted molar refractivity (Wildman–Crippen MR) is 69.2 cm³/mol. The molecule has 0 spiro atoms. The van der Waals surface area contributed by atoms with Crippen LogP contribution >= 0.6 is 0 Å². The van der Waals surface area contributed by atoms with E-state index in [1.54, 1.807) is 30.7 Å². The smallest absolute Gasteiger partial charge is 0.240 e. The lowest BCUT2D eigenvalue weighted by Crippen LogP contribution is -2.01. The van der Waals surface area contributed by atoms with Gasteiger partial charge in [0.2, 0.25) is 5.88 Å². The van der Waals surface area contributed by atoms with Crippen LogP contribution in [-0.4, -0.2) is 14.5 Å². The molecule has 0 atom stereocenters. The average Bonchev–Trinajstić information content (AvgIpc) is 2.80. The molecule has 0 bridgehead atoms. The van der Waals surface area contributed by atoms with Crippen LogP contribution in [0.1, 0.15) is 5.56 Å². The van der Waals surface area contributed by atoms with Crippen molar-refractivity contribution in [2.24, 2.45) is 7.05 Å². The molecule has 3 aromatic rings. The Hall–Kier alpha value is -2.43. The van der Waals surface area contributed by atoms with Crippen molar-refractivity contribution < 1.29 is 9.13 Å². The van der Waals surface area contributed by atoms with Crippen LogP contribution in [-0.2, 0) is 13.7 Å². The average molecular weight is 257 g/mol. The van der Waals surface area contributed by atoms with Crippen molar-refractivity contribution in [2.45, 2.75) is 6.61 Å². The van der Waals surface area contributed by atoms with Crippen molar-refractivity contribution in [1.29, 1.82) is 0 Å². The minimum absolute atomic E-state index is 0.143. The maximum Gasteiger partial charge on any atom is 0.240 e. The van der Waals surface area contributed by atoms with Gasteiger partial charge in [0.25, 0.3) is 0 Å². The molecule has 0 unspecified atom stereocenters. The number of aryl methyl sites for hydroxylation is 1. The highest BCUT2D eigenvalue weighted by atomic mass is 19.1. The first-order valence-electron chi connectivity index (χ1n) is 5.88. The van der Waals surface area contributed by atoms with E-state index in [1.165, 1.54) is 6.07 Å². The monoisotopic (exact) mass is 257 g/mol. The van der Waals surface area contributed by atoms with Crippen molar-refractivity contribution >= 4 is 11.0 Å². The van der Waals surface area contributed by atoms with Crippen LogP contribution in [0, 0.1) is 5.82 Å². The van der Waals surface area contributed by atoms with E-state index in [4.69, 9.17) is 4.74 Å². The summed E-state index contributed by atoms with van der Waals surface area (Å²) < 4.78 is 21.0. The van der Waals surface area contributed by atoms with E-state index in [-0.39, 0.29) is 12.4 Å². The van der Waals surface area contributed by atoms with E-state index >= 15 is 0 Å². The van der Waals surface area contributed by atoms with E-state index in [2.05, 4.69) is 9.97 Å². The van der Waals surface area contributed by atoms with Crippen LogP contribution in [0.4, 0.5) is 4.39 Å². The van der Waals surface area contributed by atoms with Gasteiger partial charge in [0.05, 0.1) is 11.8 Å². The summed E-state index contributed by atoms with van der Waals surface area (Å²) in [5.41, 5.74) is 2.11. The normalized spacial score (nSPS) is 10.8. The summed E-state index contributed by atoms with van der Waals surface area (Å²) in [6.07, 6.45) is 3.33. The fourth-order valence-corrected chi connectivity index (χ4v) is 1.93. The minimum Gasteiger partial charge on any atom is -0.471 e. The molecular formula is C14H12FN3O. The van der Waals surface area contributed by atoms with E-state index in [1.807, 2.05) is 17.7 Å². The van der Waals surface area contributed by atoms with E-state index in [0.717, 1.165) is 11.0 Å². The first-order chi connectivity index (χ1) is 9.25. The molecule has 2 aromatic heterocycles. The maximum absolute atomic E-state index is 13.5. The van der Waals surface area contributed by atoms with Crippen molar-refractivity contribution in [3.8, 4) is 5.88 Å². The van der Waals surface area contributed by atoms with Crippen molar-refractivity contribution in [3.63, 3.8) is 0 Å². The molecular weight excluding hydrogens is 245 g/mol. The second-order valence-electron chi connectivity index (χ2n) is 4.22. The van der Waals surface area contributed by atoms with Crippen LogP contribution < -0.4 is 4.74 Å². The van der Waals surface area contributed by atoms with Crippen LogP contribution in [0.2, 0.25) is 0 Å². The zero-order valence-corrected chi connectivity index (χ0v) is 10.4. The molecule has 4 nitrogen and oxygen atoms in total. The third-order valence-electron chi connectivity index (χ3n) is 2.91. The maximum atomic E-state index is 13.5. The minimum atomic E-state index is -0.278. The molecule has 2 heterocycles. The lowest BCUT2D eigenvalue weighted by Gasteiger charge is -2.07. The molecule has 0 fully saturated rings. The second-order valence-corrected chi connectivity index (χ2v) is 4.22. The van der Waals surface area contributed by atoms with Crippen molar-refractivity contribution in [2.75, 3.05) is 0 Å². The molecule has 5 heteroatoms. The Morgan fingerprint density at radius 1 is 1.21 bits per heavy atom. The van der Waals surface area contributed by atoms with Gasteiger partial charge in [-0.3, -0.25) is 0 Å². The summed E-state index contributed by atoms with van der Waals surface area (Å²) in [6.45, 7) is 0.143. The number of imidazole rings is 1. The van der Waals surface area contributed by atoms with Crippen LogP contribution in [0.25, 0.3) is 11.0 Å². The van der Waals surface area contributed by atoms with Crippen LogP contribution in [0.15, 0.2) is 42.9 Å². The Morgan fingerprint density at radius 3 is 2.89 bits per heavy atom. The molecule has 0 N–H and O–H groups in total. The summed E-state index contributed by atoms with van der Waals surface area (Å²) in [5.74, 6) is 0.181. The van der Waals surface area contributed by atoms with Gasteiger partial charge in [0, 0.05) is 18.8 Å². The largest absolute Gasteiger partial charge is 0.471 e. The number of halogens is 1. The van der Waals surface area contributed by atoms with Crippen molar-refractivity contribution in [3.05, 3.63) is 54.2 Å². The van der Waals surface area contributed by atoms with E-state index in [9.17, 15) is 4.39 Å². The summed E-state index contributed by atoms with van der Waals surface area (Å²) in [7, 11) is 1.87. The topological polar surface area (TPSA) is 39.9 Å². The predicted octanol–water partition coefficient (Wildman–Crippen LogP) is 2.69. The molecule has 96 valence electrons. The lowest BCUT2D eigenvalue weighted by atomic mass is 10.2. The molecule has 3 rings (SSSR count). The number of aromatic nitrogens is 3. The highest BCUT2D eigenvalue weighted by Gasteiger charge is 2.09. The van der Waals surface area contributed by atoms with Gasteiger partial charge in [-0.15, -0.1) is 0 Å². The van der Waals surface area contributed by atoms with E-state index in [0.29, 0.717) is 11.4 Å². The van der Waals surface area contributed by atoms with E-state index < -0.39 is 0 Å². The molecule has 0 aliphatic carbocycles. The van der Waals surface area contributed by atoms with Gasteiger partial charge in [-0.05, 0) is 12.1 Å². The highest BCUT2D eigenvalue weighted by Crippen LogP contribution is 2.22. The molecule has 0 radical (unpaired) electrons. The fourth-order valence-electron chi connectivity index (χ4n) is 1.93. The number of benzene rings is 1. The Bertz CT molecular complexity index is 724. The quantitative estimate of drug-likeness (QED) is 0.724. The van der Waals surface area contributed by atoms with Gasteiger partial charge in [0.15, 0.2) is 0 Å². The third kappa shape index (κ3) is 2.14. The van der Waals surface area contributed by atoms with Crippen molar-refractivity contribution in [1.82, 2.24) is 14.5 Å². The fraction of sp³-hybridized carbons (Fsp3) is 0.143. The number of nitrogens with zero attached hydrogens (tertiary/aromatic N) is 3. The van der Waals surface area contributed by atoms with Gasteiger partial charge < -0.3 is 9.30 Å². The number of pyridine rings is 1. The first-order valence-corrected chi connectivity index (χ1v) is 5.88. The summed E-state index contributed by atoms with van der Waals surface area (Å²) in [6, 6.07) is 8.35. The number of fused-ring (bicyclic) bond motifs is 1. The third-order valence-corrected chi connectivity index (χ3v) is 2.91. The molecule has 0 amide bonds. The number of hydrogen-bond acceptors (Lipinski definition) is 3. The standard InChI is InChI=1S/C14H12FN3O/c1-18-9-17-12-6-7-16-14(13(12)18)19-8-10-4-2-3-5-11(10)15/h2-7,9H,8H2,1H3. The Balaban J connectivity index is 1.90. The zero-order chi connectivity index (χ0) is 13.2. The number of hydrogen-bond donors (Lipinski definition) is 0. The lowest BCUT2D eigenvalue weighted by molar-refractivity contribution is 0.291. The molecule has 0 saturated carbocycles. The first kappa shape index (κ1) is 11.6. The molecule has 19 heavy (non-hydrogen) atoms. The van der Waals surface area contributed by atoms with Crippen LogP contribution in [0.3, 0.4) is 0 Å². The molecule has 0 aliphatic rings. The number of ether oxygens (including phenoxy) is 1. The van der Waals surface area contributed by atoms with Gasteiger partial charge in [-0.1, -0.05) is 18.2 Å². The SMILES string of the molecule is Cn1cnc2ccnc(OCc3ccccc3F)c21. The zero-order valence-electron chi connectivity index (χ0n) is 10.4. The second kappa shape index (κ2) is 4.68.